The van der Waals surface area contributed by atoms with Gasteiger partial charge < -0.3 is 20.5 Å². The predicted octanol–water partition coefficient (Wildman–Crippen LogP) is 1.25. The molecule has 0 saturated carbocycles. The van der Waals surface area contributed by atoms with Crippen LogP contribution in [-0.4, -0.2) is 31.1 Å². The van der Waals surface area contributed by atoms with E-state index in [1.165, 1.54) is 14.2 Å². The molecule has 0 aromatic heterocycles. The van der Waals surface area contributed by atoms with Crippen molar-refractivity contribution in [1.29, 1.82) is 0 Å². The number of aliphatic hydroxyl groups is 1. The van der Waals surface area contributed by atoms with E-state index in [1.807, 2.05) is 0 Å². The zero-order chi connectivity index (χ0) is 17.3. The minimum atomic E-state index is -1.80. The minimum Gasteiger partial charge on any atom is -0.497 e. The number of amides is 2. The number of nitrogens with one attached hydrogen (secondary N) is 2. The van der Waals surface area contributed by atoms with Crippen LogP contribution in [0.25, 0.3) is 0 Å². The molecule has 2 amide bonds. The Labute approximate surface area is 139 Å². The minimum absolute atomic E-state index is 0.418. The van der Waals surface area contributed by atoms with Crippen molar-refractivity contribution in [3.8, 4) is 5.75 Å². The Hall–Kier alpha value is -2.86. The molecule has 3 rings (SSSR count). The molecular formula is C18H18N2O4. The smallest absolute Gasteiger partial charge is 0.240 e. The van der Waals surface area contributed by atoms with E-state index in [-0.39, 0.29) is 0 Å². The Bertz CT molecular complexity index is 791. The van der Waals surface area contributed by atoms with Crippen molar-refractivity contribution in [1.82, 2.24) is 5.32 Å². The third kappa shape index (κ3) is 2.32. The molecule has 1 aliphatic heterocycles. The average Bonchev–Trinajstić information content (AvgIpc) is 2.62. The maximum absolute atomic E-state index is 12.5. The van der Waals surface area contributed by atoms with Crippen molar-refractivity contribution in [2.24, 2.45) is 5.92 Å². The van der Waals surface area contributed by atoms with E-state index in [4.69, 9.17) is 4.74 Å². The molecule has 0 aliphatic carbocycles. The number of fused-ring (bicyclic) bond motifs is 1. The van der Waals surface area contributed by atoms with Crippen molar-refractivity contribution in [3.63, 3.8) is 0 Å². The van der Waals surface area contributed by atoms with E-state index >= 15 is 0 Å². The van der Waals surface area contributed by atoms with Crippen molar-refractivity contribution >= 4 is 17.5 Å². The van der Waals surface area contributed by atoms with Crippen LogP contribution < -0.4 is 15.4 Å². The predicted molar refractivity (Wildman–Crippen MR) is 88.6 cm³/mol. The fraction of sp³-hybridized carbons (Fsp3) is 0.222. The molecule has 1 heterocycles. The highest BCUT2D eigenvalue weighted by Crippen LogP contribution is 2.45. The summed E-state index contributed by atoms with van der Waals surface area (Å²) in [6.45, 7) is 0. The molecule has 6 heteroatoms. The molecule has 24 heavy (non-hydrogen) atoms. The maximum atomic E-state index is 12.5. The number of hydrogen-bond donors (Lipinski definition) is 3. The molecule has 2 aromatic carbocycles. The van der Waals surface area contributed by atoms with Crippen LogP contribution in [0.15, 0.2) is 48.5 Å². The molecule has 2 unspecified atom stereocenters. The van der Waals surface area contributed by atoms with Gasteiger partial charge in [0.25, 0.3) is 0 Å². The van der Waals surface area contributed by atoms with Gasteiger partial charge in [-0.15, -0.1) is 0 Å². The molecule has 2 atom stereocenters. The number of ether oxygens (including phenoxy) is 1. The summed E-state index contributed by atoms with van der Waals surface area (Å²) in [5, 5.41) is 16.7. The van der Waals surface area contributed by atoms with Crippen molar-refractivity contribution in [2.75, 3.05) is 19.5 Å². The fourth-order valence-corrected chi connectivity index (χ4v) is 3.09. The van der Waals surface area contributed by atoms with Crippen LogP contribution in [0.5, 0.6) is 5.75 Å². The van der Waals surface area contributed by atoms with Crippen molar-refractivity contribution in [2.45, 2.75) is 5.60 Å². The van der Waals surface area contributed by atoms with Crippen LogP contribution in [0.2, 0.25) is 0 Å². The number of rotatable bonds is 3. The molecule has 2 aromatic rings. The summed E-state index contributed by atoms with van der Waals surface area (Å²) in [7, 11) is 2.95. The van der Waals surface area contributed by atoms with Gasteiger partial charge in [-0.3, -0.25) is 9.59 Å². The lowest BCUT2D eigenvalue weighted by Gasteiger charge is -2.40. The molecule has 0 fully saturated rings. The van der Waals surface area contributed by atoms with E-state index in [1.54, 1.807) is 48.5 Å². The van der Waals surface area contributed by atoms with Crippen LogP contribution in [0, 0.1) is 5.92 Å². The Morgan fingerprint density at radius 3 is 2.58 bits per heavy atom. The van der Waals surface area contributed by atoms with Gasteiger partial charge in [0, 0.05) is 18.3 Å². The van der Waals surface area contributed by atoms with E-state index in [0.717, 1.165) is 0 Å². The van der Waals surface area contributed by atoms with Crippen molar-refractivity contribution < 1.29 is 19.4 Å². The van der Waals surface area contributed by atoms with Gasteiger partial charge in [-0.25, -0.2) is 0 Å². The Kier molecular flexibility index (Phi) is 3.99. The summed E-state index contributed by atoms with van der Waals surface area (Å²) in [5.74, 6) is -1.91. The Morgan fingerprint density at radius 2 is 1.96 bits per heavy atom. The SMILES string of the molecule is CNC(=O)C1C(=O)Nc2ccc(OC)cc2C1(O)c1ccccc1. The lowest BCUT2D eigenvalue weighted by atomic mass is 9.72. The number of benzene rings is 2. The molecule has 0 spiro atoms. The zero-order valence-electron chi connectivity index (χ0n) is 13.4. The van der Waals surface area contributed by atoms with Gasteiger partial charge in [0.05, 0.1) is 7.11 Å². The molecule has 0 saturated heterocycles. The standard InChI is InChI=1S/C18H18N2O4/c1-19-16(21)15-17(22)20-14-9-8-12(24-2)10-13(14)18(15,23)11-6-4-3-5-7-11/h3-10,15,23H,1-2H3,(H,19,21)(H,20,22). The van der Waals surface area contributed by atoms with Gasteiger partial charge in [0.15, 0.2) is 5.92 Å². The summed E-state index contributed by atoms with van der Waals surface area (Å²) < 4.78 is 5.23. The molecular weight excluding hydrogens is 308 g/mol. The molecule has 1 aliphatic rings. The van der Waals surface area contributed by atoms with Gasteiger partial charge in [-0.05, 0) is 23.8 Å². The number of hydrogen-bond acceptors (Lipinski definition) is 4. The summed E-state index contributed by atoms with van der Waals surface area (Å²) in [6, 6.07) is 13.7. The molecule has 124 valence electrons. The van der Waals surface area contributed by atoms with E-state index < -0.39 is 23.3 Å². The van der Waals surface area contributed by atoms with E-state index in [0.29, 0.717) is 22.6 Å². The highest BCUT2D eigenvalue weighted by molar-refractivity contribution is 6.10. The normalized spacial score (nSPS) is 22.3. The molecule has 3 N–H and O–H groups in total. The number of anilines is 1. The first-order chi connectivity index (χ1) is 11.5. The van der Waals surface area contributed by atoms with Crippen LogP contribution in [0.4, 0.5) is 5.69 Å². The van der Waals surface area contributed by atoms with Gasteiger partial charge in [0.2, 0.25) is 11.8 Å². The first-order valence-corrected chi connectivity index (χ1v) is 7.51. The second kappa shape index (κ2) is 5.98. The highest BCUT2D eigenvalue weighted by atomic mass is 16.5. The second-order valence-corrected chi connectivity index (χ2v) is 5.58. The summed E-state index contributed by atoms with van der Waals surface area (Å²) in [4.78, 5) is 24.9. The topological polar surface area (TPSA) is 87.7 Å². The van der Waals surface area contributed by atoms with Crippen LogP contribution in [-0.2, 0) is 15.2 Å². The Balaban J connectivity index is 2.30. The zero-order valence-corrected chi connectivity index (χ0v) is 13.4. The van der Waals surface area contributed by atoms with E-state index in [9.17, 15) is 14.7 Å². The first kappa shape index (κ1) is 16.0. The van der Waals surface area contributed by atoms with Gasteiger partial charge in [-0.1, -0.05) is 30.3 Å². The van der Waals surface area contributed by atoms with Gasteiger partial charge in [0.1, 0.15) is 11.4 Å². The maximum Gasteiger partial charge on any atom is 0.240 e. The van der Waals surface area contributed by atoms with Crippen LogP contribution in [0.3, 0.4) is 0 Å². The number of carbonyl (C=O) groups excluding carboxylic acids is 2. The largest absolute Gasteiger partial charge is 0.497 e. The van der Waals surface area contributed by atoms with Gasteiger partial charge in [-0.2, -0.15) is 0 Å². The summed E-state index contributed by atoms with van der Waals surface area (Å²) >= 11 is 0. The lowest BCUT2D eigenvalue weighted by molar-refractivity contribution is -0.142. The fourth-order valence-electron chi connectivity index (χ4n) is 3.09. The third-order valence-corrected chi connectivity index (χ3v) is 4.30. The number of methoxy groups -OCH3 is 1. The van der Waals surface area contributed by atoms with Crippen molar-refractivity contribution in [3.05, 3.63) is 59.7 Å². The lowest BCUT2D eigenvalue weighted by Crippen LogP contribution is -2.54. The molecule has 0 bridgehead atoms. The quantitative estimate of drug-likeness (QED) is 0.741. The van der Waals surface area contributed by atoms with Gasteiger partial charge >= 0.3 is 0 Å². The number of carbonyl (C=O) groups is 2. The average molecular weight is 326 g/mol. The van der Waals surface area contributed by atoms with E-state index in [2.05, 4.69) is 10.6 Å². The Morgan fingerprint density at radius 1 is 1.25 bits per heavy atom. The monoisotopic (exact) mass is 326 g/mol. The molecule has 0 radical (unpaired) electrons. The molecule has 6 nitrogen and oxygen atoms in total. The first-order valence-electron chi connectivity index (χ1n) is 7.51. The van der Waals surface area contributed by atoms with Crippen LogP contribution in [0.1, 0.15) is 11.1 Å². The third-order valence-electron chi connectivity index (χ3n) is 4.30. The summed E-state index contributed by atoms with van der Waals surface area (Å²) in [6.07, 6.45) is 0. The van der Waals surface area contributed by atoms with Crippen LogP contribution >= 0.6 is 0 Å². The highest BCUT2D eigenvalue weighted by Gasteiger charge is 2.52. The summed E-state index contributed by atoms with van der Waals surface area (Å²) in [5.41, 5.74) is -0.468. The second-order valence-electron chi connectivity index (χ2n) is 5.58.